The van der Waals surface area contributed by atoms with Gasteiger partial charge < -0.3 is 19.9 Å². The van der Waals surface area contributed by atoms with Crippen LogP contribution in [0.15, 0.2) is 67.3 Å². The minimum atomic E-state index is -0.232. The highest BCUT2D eigenvalue weighted by atomic mass is 16.5. The smallest absolute Gasteiger partial charge is 0.319 e. The molecule has 1 atom stereocenters. The molecule has 26 heavy (non-hydrogen) atoms. The van der Waals surface area contributed by atoms with E-state index in [1.807, 2.05) is 53.2 Å². The van der Waals surface area contributed by atoms with Crippen LogP contribution < -0.4 is 15.4 Å². The minimum absolute atomic E-state index is 0.0225. The van der Waals surface area contributed by atoms with Crippen LogP contribution in [0.2, 0.25) is 0 Å². The number of urea groups is 1. The van der Waals surface area contributed by atoms with Gasteiger partial charge in [0.1, 0.15) is 11.9 Å². The number of rotatable bonds is 5. The predicted molar refractivity (Wildman–Crippen MR) is 99.4 cm³/mol. The Hall–Kier alpha value is -3.28. The summed E-state index contributed by atoms with van der Waals surface area (Å²) in [5.74, 6) is 0.909. The lowest BCUT2D eigenvalue weighted by atomic mass is 10.1. The lowest BCUT2D eigenvalue weighted by Crippen LogP contribution is -2.37. The second-order valence-electron chi connectivity index (χ2n) is 6.32. The fourth-order valence-corrected chi connectivity index (χ4v) is 3.09. The van der Waals surface area contributed by atoms with Crippen LogP contribution in [0.5, 0.6) is 5.75 Å². The van der Waals surface area contributed by atoms with Gasteiger partial charge in [-0.15, -0.1) is 0 Å². The van der Waals surface area contributed by atoms with Gasteiger partial charge >= 0.3 is 6.03 Å². The second-order valence-corrected chi connectivity index (χ2v) is 6.32. The molecular formula is C20H20N4O2. The molecule has 2 heterocycles. The van der Waals surface area contributed by atoms with Gasteiger partial charge in [-0.3, -0.25) is 0 Å². The van der Waals surface area contributed by atoms with Crippen LogP contribution >= 0.6 is 0 Å². The SMILES string of the molecule is O=C(NCC1Cc2ccccc2O1)Nc1cccc(Cn2ccnc2)c1. The zero-order chi connectivity index (χ0) is 17.8. The fourth-order valence-electron chi connectivity index (χ4n) is 3.09. The molecule has 0 aliphatic carbocycles. The number of hydrogen-bond acceptors (Lipinski definition) is 3. The van der Waals surface area contributed by atoms with E-state index in [1.54, 1.807) is 12.5 Å². The highest BCUT2D eigenvalue weighted by Crippen LogP contribution is 2.27. The molecule has 2 amide bonds. The van der Waals surface area contributed by atoms with Crippen LogP contribution in [0, 0.1) is 0 Å². The average molecular weight is 348 g/mol. The van der Waals surface area contributed by atoms with E-state index in [0.717, 1.165) is 23.4 Å². The van der Waals surface area contributed by atoms with Crippen molar-refractivity contribution in [3.05, 3.63) is 78.4 Å². The van der Waals surface area contributed by atoms with E-state index >= 15 is 0 Å². The monoisotopic (exact) mass is 348 g/mol. The van der Waals surface area contributed by atoms with Crippen LogP contribution in [-0.4, -0.2) is 28.2 Å². The van der Waals surface area contributed by atoms with E-state index in [2.05, 4.69) is 21.7 Å². The van der Waals surface area contributed by atoms with E-state index in [4.69, 9.17) is 4.74 Å². The molecule has 0 radical (unpaired) electrons. The number of imidazole rings is 1. The molecule has 1 aliphatic rings. The summed E-state index contributed by atoms with van der Waals surface area (Å²) in [4.78, 5) is 16.2. The number of hydrogen-bond donors (Lipinski definition) is 2. The van der Waals surface area contributed by atoms with E-state index < -0.39 is 0 Å². The summed E-state index contributed by atoms with van der Waals surface area (Å²) < 4.78 is 7.81. The standard InChI is InChI=1S/C20H20N4O2/c25-20(22-12-18-11-16-5-1-2-7-19(16)26-18)23-17-6-3-4-15(10-17)13-24-9-8-21-14-24/h1-10,14,18H,11-13H2,(H2,22,23,25). The van der Waals surface area contributed by atoms with Gasteiger partial charge in [0.25, 0.3) is 0 Å². The fraction of sp³-hybridized carbons (Fsp3) is 0.200. The zero-order valence-corrected chi connectivity index (χ0v) is 14.3. The first kappa shape index (κ1) is 16.2. The van der Waals surface area contributed by atoms with Gasteiger partial charge in [0.05, 0.1) is 12.9 Å². The Morgan fingerprint density at radius 2 is 2.15 bits per heavy atom. The highest BCUT2D eigenvalue weighted by Gasteiger charge is 2.22. The van der Waals surface area contributed by atoms with Crippen LogP contribution in [-0.2, 0) is 13.0 Å². The van der Waals surface area contributed by atoms with Crippen molar-refractivity contribution in [1.29, 1.82) is 0 Å². The summed E-state index contributed by atoms with van der Waals surface area (Å²) in [6.07, 6.45) is 6.22. The number of amides is 2. The van der Waals surface area contributed by atoms with Gasteiger partial charge in [-0.25, -0.2) is 9.78 Å². The van der Waals surface area contributed by atoms with Gasteiger partial charge in [0.15, 0.2) is 0 Å². The first-order chi connectivity index (χ1) is 12.8. The van der Waals surface area contributed by atoms with Crippen LogP contribution in [0.1, 0.15) is 11.1 Å². The maximum Gasteiger partial charge on any atom is 0.319 e. The van der Waals surface area contributed by atoms with Crippen molar-refractivity contribution in [1.82, 2.24) is 14.9 Å². The summed E-state index contributed by atoms with van der Waals surface area (Å²) in [6.45, 7) is 1.18. The molecule has 2 aromatic carbocycles. The van der Waals surface area contributed by atoms with Crippen molar-refractivity contribution in [2.24, 2.45) is 0 Å². The molecule has 0 bridgehead atoms. The third-order valence-corrected chi connectivity index (χ3v) is 4.31. The quantitative estimate of drug-likeness (QED) is 0.745. The molecule has 1 unspecified atom stereocenters. The number of anilines is 1. The Morgan fingerprint density at radius 1 is 1.23 bits per heavy atom. The van der Waals surface area contributed by atoms with E-state index in [0.29, 0.717) is 13.1 Å². The Balaban J connectivity index is 1.29. The van der Waals surface area contributed by atoms with E-state index in [-0.39, 0.29) is 12.1 Å². The van der Waals surface area contributed by atoms with Gasteiger partial charge in [0, 0.05) is 31.0 Å². The molecule has 1 aromatic heterocycles. The Morgan fingerprint density at radius 3 is 3.00 bits per heavy atom. The lowest BCUT2D eigenvalue weighted by Gasteiger charge is -2.13. The Labute approximate surface area is 151 Å². The topological polar surface area (TPSA) is 68.2 Å². The van der Waals surface area contributed by atoms with Gasteiger partial charge in [-0.1, -0.05) is 30.3 Å². The zero-order valence-electron chi connectivity index (χ0n) is 14.3. The lowest BCUT2D eigenvalue weighted by molar-refractivity contribution is 0.219. The second kappa shape index (κ2) is 7.31. The summed E-state index contributed by atoms with van der Waals surface area (Å²) in [5, 5.41) is 5.76. The molecule has 3 aromatic rings. The van der Waals surface area contributed by atoms with Crippen LogP contribution in [0.4, 0.5) is 10.5 Å². The van der Waals surface area contributed by atoms with Crippen molar-refractivity contribution in [3.8, 4) is 5.75 Å². The summed E-state index contributed by atoms with van der Waals surface area (Å²) >= 11 is 0. The van der Waals surface area contributed by atoms with Crippen molar-refractivity contribution < 1.29 is 9.53 Å². The highest BCUT2D eigenvalue weighted by molar-refractivity contribution is 5.89. The van der Waals surface area contributed by atoms with Gasteiger partial charge in [-0.2, -0.15) is 0 Å². The number of nitrogens with one attached hydrogen (secondary N) is 2. The molecule has 0 fully saturated rings. The molecule has 0 saturated carbocycles. The largest absolute Gasteiger partial charge is 0.488 e. The predicted octanol–water partition coefficient (Wildman–Crippen LogP) is 3.06. The molecule has 6 heteroatoms. The summed E-state index contributed by atoms with van der Waals surface area (Å²) in [6, 6.07) is 15.5. The third kappa shape index (κ3) is 3.85. The maximum atomic E-state index is 12.2. The van der Waals surface area contributed by atoms with Crippen molar-refractivity contribution in [2.45, 2.75) is 19.1 Å². The Kier molecular flexibility index (Phi) is 4.55. The van der Waals surface area contributed by atoms with E-state index in [9.17, 15) is 4.79 Å². The van der Waals surface area contributed by atoms with Crippen molar-refractivity contribution in [2.75, 3.05) is 11.9 Å². The van der Waals surface area contributed by atoms with Gasteiger partial charge in [-0.05, 0) is 29.3 Å². The van der Waals surface area contributed by atoms with E-state index in [1.165, 1.54) is 5.56 Å². The first-order valence-corrected chi connectivity index (χ1v) is 8.60. The molecule has 4 rings (SSSR count). The summed E-state index contributed by atoms with van der Waals surface area (Å²) in [5.41, 5.74) is 3.04. The molecule has 132 valence electrons. The maximum absolute atomic E-state index is 12.2. The van der Waals surface area contributed by atoms with Crippen molar-refractivity contribution in [3.63, 3.8) is 0 Å². The molecule has 6 nitrogen and oxygen atoms in total. The van der Waals surface area contributed by atoms with Crippen molar-refractivity contribution >= 4 is 11.7 Å². The third-order valence-electron chi connectivity index (χ3n) is 4.31. The Bertz CT molecular complexity index is 867. The normalized spacial score (nSPS) is 15.2. The van der Waals surface area contributed by atoms with Crippen LogP contribution in [0.25, 0.3) is 0 Å². The number of ether oxygens (including phenoxy) is 1. The summed E-state index contributed by atoms with van der Waals surface area (Å²) in [7, 11) is 0. The first-order valence-electron chi connectivity index (χ1n) is 8.60. The number of benzene rings is 2. The molecule has 0 saturated heterocycles. The minimum Gasteiger partial charge on any atom is -0.488 e. The number of carbonyl (C=O) groups is 1. The molecular weight excluding hydrogens is 328 g/mol. The number of fused-ring (bicyclic) bond motifs is 1. The van der Waals surface area contributed by atoms with Gasteiger partial charge in [0.2, 0.25) is 0 Å². The van der Waals surface area contributed by atoms with Crippen LogP contribution in [0.3, 0.4) is 0 Å². The number of aromatic nitrogens is 2. The average Bonchev–Trinajstić information content (AvgIpc) is 3.29. The molecule has 0 spiro atoms. The number of carbonyl (C=O) groups excluding carboxylic acids is 1. The molecule has 2 N–H and O–H groups in total. The number of nitrogens with zero attached hydrogens (tertiary/aromatic N) is 2. The number of para-hydroxylation sites is 1. The molecule has 1 aliphatic heterocycles.